The minimum Gasteiger partial charge on any atom is -0.490 e. The first kappa shape index (κ1) is 17.1. The van der Waals surface area contributed by atoms with E-state index in [1.54, 1.807) is 0 Å². The summed E-state index contributed by atoms with van der Waals surface area (Å²) >= 11 is 0. The highest BCUT2D eigenvalue weighted by Gasteiger charge is 2.23. The zero-order valence-corrected chi connectivity index (χ0v) is 14.2. The molecule has 1 heterocycles. The third-order valence-corrected chi connectivity index (χ3v) is 4.46. The number of aryl methyl sites for hydroxylation is 1. The summed E-state index contributed by atoms with van der Waals surface area (Å²) in [6, 6.07) is 4.77. The Morgan fingerprint density at radius 3 is 2.95 bits per heavy atom. The Hall–Kier alpha value is -1.26. The van der Waals surface area contributed by atoms with Gasteiger partial charge in [0.2, 0.25) is 0 Å². The molecule has 2 unspecified atom stereocenters. The third-order valence-electron chi connectivity index (χ3n) is 4.46. The van der Waals surface area contributed by atoms with Crippen molar-refractivity contribution in [2.24, 2.45) is 0 Å². The summed E-state index contributed by atoms with van der Waals surface area (Å²) in [6.07, 6.45) is 8.00. The average molecular weight is 324 g/mol. The Kier molecular flexibility index (Phi) is 6.09. The van der Waals surface area contributed by atoms with Crippen LogP contribution in [0, 0.1) is 0 Å². The monoisotopic (exact) mass is 323 g/mol. The number of benzene rings is 1. The summed E-state index contributed by atoms with van der Waals surface area (Å²) in [5.74, 6) is 1.04. The highest BCUT2D eigenvalue weighted by atomic mass is 35.5. The molecule has 3 rings (SSSR count). The minimum absolute atomic E-state index is 0. The minimum atomic E-state index is 0. The van der Waals surface area contributed by atoms with E-state index >= 15 is 0 Å². The fourth-order valence-electron chi connectivity index (χ4n) is 3.44. The molecule has 0 bridgehead atoms. The number of nitrogens with one attached hydrogen (secondary N) is 2. The van der Waals surface area contributed by atoms with Gasteiger partial charge in [0.25, 0.3) is 0 Å². The van der Waals surface area contributed by atoms with Crippen LogP contribution in [-0.4, -0.2) is 28.9 Å². The number of ether oxygens (including phenoxy) is 1. The Morgan fingerprint density at radius 2 is 2.18 bits per heavy atom. The van der Waals surface area contributed by atoms with Gasteiger partial charge in [-0.05, 0) is 50.8 Å². The Balaban J connectivity index is 0.00000176. The Bertz CT molecular complexity index is 597. The molecule has 4 nitrogen and oxygen atoms in total. The Labute approximate surface area is 138 Å². The standard InChI is InChI=1S/C17H25N3O.ClH/c1-3-14-15-11-19-20-16(15)8-9-17(14)21-13-7-5-6-12(10-13)18-4-2;/h8-9,11-13,18H,3-7,10H2,1-2H3,(H,19,20);1H. The van der Waals surface area contributed by atoms with Crippen LogP contribution < -0.4 is 10.1 Å². The molecule has 1 saturated carbocycles. The van der Waals surface area contributed by atoms with Crippen LogP contribution >= 0.6 is 12.4 Å². The van der Waals surface area contributed by atoms with E-state index in [1.807, 2.05) is 6.20 Å². The van der Waals surface area contributed by atoms with Crippen LogP contribution in [0.3, 0.4) is 0 Å². The molecular formula is C17H26ClN3O. The lowest BCUT2D eigenvalue weighted by atomic mass is 9.92. The molecule has 22 heavy (non-hydrogen) atoms. The molecule has 1 aliphatic carbocycles. The van der Waals surface area contributed by atoms with Crippen molar-refractivity contribution in [3.63, 3.8) is 0 Å². The van der Waals surface area contributed by atoms with Gasteiger partial charge in [0, 0.05) is 17.0 Å². The second-order valence-electron chi connectivity index (χ2n) is 5.89. The van der Waals surface area contributed by atoms with Gasteiger partial charge in [-0.25, -0.2) is 0 Å². The van der Waals surface area contributed by atoms with E-state index in [4.69, 9.17) is 4.74 Å². The van der Waals surface area contributed by atoms with Crippen LogP contribution in [0.15, 0.2) is 18.3 Å². The third kappa shape index (κ3) is 3.55. The van der Waals surface area contributed by atoms with Gasteiger partial charge in [0.1, 0.15) is 11.9 Å². The van der Waals surface area contributed by atoms with Gasteiger partial charge in [0.05, 0.1) is 11.7 Å². The molecular weight excluding hydrogens is 298 g/mol. The maximum atomic E-state index is 6.35. The van der Waals surface area contributed by atoms with E-state index in [2.05, 4.69) is 41.5 Å². The van der Waals surface area contributed by atoms with Crippen molar-refractivity contribution in [1.82, 2.24) is 15.5 Å². The molecule has 0 amide bonds. The fourth-order valence-corrected chi connectivity index (χ4v) is 3.44. The number of nitrogens with zero attached hydrogens (tertiary/aromatic N) is 1. The molecule has 1 aliphatic rings. The van der Waals surface area contributed by atoms with Crippen molar-refractivity contribution in [1.29, 1.82) is 0 Å². The van der Waals surface area contributed by atoms with E-state index in [0.29, 0.717) is 12.1 Å². The van der Waals surface area contributed by atoms with E-state index < -0.39 is 0 Å². The molecule has 1 fully saturated rings. The lowest BCUT2D eigenvalue weighted by molar-refractivity contribution is 0.134. The van der Waals surface area contributed by atoms with Crippen LogP contribution in [0.4, 0.5) is 0 Å². The summed E-state index contributed by atoms with van der Waals surface area (Å²) in [5, 5.41) is 11.9. The van der Waals surface area contributed by atoms with Gasteiger partial charge >= 0.3 is 0 Å². The maximum absolute atomic E-state index is 6.35. The lowest BCUT2D eigenvalue weighted by Crippen LogP contribution is -2.38. The quantitative estimate of drug-likeness (QED) is 0.878. The molecule has 1 aromatic heterocycles. The lowest BCUT2D eigenvalue weighted by Gasteiger charge is -2.30. The molecule has 5 heteroatoms. The van der Waals surface area contributed by atoms with Crippen LogP contribution in [0.1, 0.15) is 45.1 Å². The molecule has 1 aromatic carbocycles. The molecule has 0 radical (unpaired) electrons. The van der Waals surface area contributed by atoms with E-state index in [0.717, 1.165) is 37.1 Å². The second-order valence-corrected chi connectivity index (χ2v) is 5.89. The SMILES string of the molecule is CCNC1CCCC(Oc2ccc3[nH]ncc3c2CC)C1.Cl. The first-order valence-electron chi connectivity index (χ1n) is 8.16. The van der Waals surface area contributed by atoms with Crippen molar-refractivity contribution in [3.8, 4) is 5.75 Å². The van der Waals surface area contributed by atoms with Crippen molar-refractivity contribution >= 4 is 23.3 Å². The molecule has 122 valence electrons. The number of aromatic amines is 1. The van der Waals surface area contributed by atoms with Crippen molar-refractivity contribution in [2.45, 2.75) is 58.1 Å². The molecule has 2 aromatic rings. The number of hydrogen-bond acceptors (Lipinski definition) is 3. The highest BCUT2D eigenvalue weighted by Crippen LogP contribution is 2.31. The molecule has 0 aliphatic heterocycles. The predicted octanol–water partition coefficient (Wildman–Crippen LogP) is 3.85. The summed E-state index contributed by atoms with van der Waals surface area (Å²) in [5.41, 5.74) is 2.36. The van der Waals surface area contributed by atoms with Crippen LogP contribution in [0.25, 0.3) is 10.9 Å². The second kappa shape index (κ2) is 7.84. The van der Waals surface area contributed by atoms with Crippen molar-refractivity contribution < 1.29 is 4.74 Å². The van der Waals surface area contributed by atoms with Gasteiger partial charge in [0.15, 0.2) is 0 Å². The number of halogens is 1. The summed E-state index contributed by atoms with van der Waals surface area (Å²) < 4.78 is 6.35. The molecule has 0 spiro atoms. The topological polar surface area (TPSA) is 49.9 Å². The first-order valence-corrected chi connectivity index (χ1v) is 8.16. The van der Waals surface area contributed by atoms with Gasteiger partial charge in [-0.15, -0.1) is 12.4 Å². The van der Waals surface area contributed by atoms with Gasteiger partial charge in [-0.1, -0.05) is 13.8 Å². The molecule has 0 saturated heterocycles. The van der Waals surface area contributed by atoms with Crippen molar-refractivity contribution in [2.75, 3.05) is 6.54 Å². The maximum Gasteiger partial charge on any atom is 0.123 e. The van der Waals surface area contributed by atoms with Gasteiger partial charge < -0.3 is 10.1 Å². The van der Waals surface area contributed by atoms with Crippen LogP contribution in [0.2, 0.25) is 0 Å². The number of H-pyrrole nitrogens is 1. The van der Waals surface area contributed by atoms with E-state index in [1.165, 1.54) is 23.8 Å². The average Bonchev–Trinajstić information content (AvgIpc) is 2.96. The zero-order chi connectivity index (χ0) is 14.7. The van der Waals surface area contributed by atoms with Crippen molar-refractivity contribution in [3.05, 3.63) is 23.9 Å². The predicted molar refractivity (Wildman–Crippen MR) is 93.1 cm³/mol. The van der Waals surface area contributed by atoms with Gasteiger partial charge in [-0.2, -0.15) is 5.10 Å². The largest absolute Gasteiger partial charge is 0.490 e. The van der Waals surface area contributed by atoms with Gasteiger partial charge in [-0.3, -0.25) is 5.10 Å². The summed E-state index contributed by atoms with van der Waals surface area (Å²) in [6.45, 7) is 5.39. The number of rotatable bonds is 5. The highest BCUT2D eigenvalue weighted by molar-refractivity contribution is 5.85. The van der Waals surface area contributed by atoms with E-state index in [-0.39, 0.29) is 12.4 Å². The van der Waals surface area contributed by atoms with Crippen LogP contribution in [0.5, 0.6) is 5.75 Å². The van der Waals surface area contributed by atoms with E-state index in [9.17, 15) is 0 Å². The number of hydrogen-bond donors (Lipinski definition) is 2. The Morgan fingerprint density at radius 1 is 1.32 bits per heavy atom. The van der Waals surface area contributed by atoms with Crippen LogP contribution in [-0.2, 0) is 6.42 Å². The zero-order valence-electron chi connectivity index (χ0n) is 13.4. The number of fused-ring (bicyclic) bond motifs is 1. The summed E-state index contributed by atoms with van der Waals surface area (Å²) in [4.78, 5) is 0. The smallest absolute Gasteiger partial charge is 0.123 e. The fraction of sp³-hybridized carbons (Fsp3) is 0.588. The normalized spacial score (nSPS) is 21.5. The summed E-state index contributed by atoms with van der Waals surface area (Å²) in [7, 11) is 0. The number of aromatic nitrogens is 2. The first-order chi connectivity index (χ1) is 10.3. The molecule has 2 atom stereocenters. The molecule has 2 N–H and O–H groups in total.